The smallest absolute Gasteiger partial charge is 0.341 e. The quantitative estimate of drug-likeness (QED) is 0.410. The molecule has 0 aliphatic heterocycles. The Morgan fingerprint density at radius 1 is 1.06 bits per heavy atom. The van der Waals surface area contributed by atoms with Crippen LogP contribution < -0.4 is 15.4 Å². The van der Waals surface area contributed by atoms with Crippen LogP contribution in [0.4, 0.5) is 10.7 Å². The number of hydrogen-bond acceptors (Lipinski definition) is 6. The van der Waals surface area contributed by atoms with E-state index in [1.165, 1.54) is 18.4 Å². The highest BCUT2D eigenvalue weighted by Gasteiger charge is 2.29. The predicted octanol–water partition coefficient (Wildman–Crippen LogP) is 5.55. The highest BCUT2D eigenvalue weighted by molar-refractivity contribution is 7.17. The molecule has 188 valence electrons. The number of hydrogen-bond donors (Lipinski definition) is 2. The number of aryl methyl sites for hydroxylation is 1. The Kier molecular flexibility index (Phi) is 7.74. The number of esters is 1. The third-order valence-electron chi connectivity index (χ3n) is 6.49. The number of methoxy groups -OCH3 is 1. The van der Waals surface area contributed by atoms with Crippen molar-refractivity contribution in [2.75, 3.05) is 24.4 Å². The van der Waals surface area contributed by atoms with E-state index >= 15 is 0 Å². The number of thiophene rings is 1. The van der Waals surface area contributed by atoms with E-state index in [2.05, 4.69) is 17.6 Å². The Bertz CT molecular complexity index is 1300. The summed E-state index contributed by atoms with van der Waals surface area (Å²) >= 11 is 1.43. The maximum Gasteiger partial charge on any atom is 0.341 e. The van der Waals surface area contributed by atoms with E-state index in [0.717, 1.165) is 46.5 Å². The molecule has 2 amide bonds. The molecule has 1 atom stereocenters. The summed E-state index contributed by atoms with van der Waals surface area (Å²) in [7, 11) is 1.35. The van der Waals surface area contributed by atoms with Crippen LogP contribution in [-0.2, 0) is 22.4 Å². The highest BCUT2D eigenvalue weighted by atomic mass is 32.1. The zero-order valence-electron chi connectivity index (χ0n) is 20.9. The normalized spacial score (nSPS) is 14.5. The van der Waals surface area contributed by atoms with Gasteiger partial charge in [0.15, 0.2) is 6.61 Å². The number of ether oxygens (including phenoxy) is 2. The summed E-state index contributed by atoms with van der Waals surface area (Å²) in [4.78, 5) is 38.8. The SMILES string of the molecule is COC(=O)c1c(NC(=O)COc2ccc(C(=O)Nc3cccc(C)c3C)cc2)sc2c1CCC(C)C2. The van der Waals surface area contributed by atoms with Gasteiger partial charge in [-0.15, -0.1) is 11.3 Å². The van der Waals surface area contributed by atoms with Gasteiger partial charge in [0, 0.05) is 16.1 Å². The minimum atomic E-state index is -0.437. The summed E-state index contributed by atoms with van der Waals surface area (Å²) in [6, 6.07) is 12.4. The van der Waals surface area contributed by atoms with Crippen LogP contribution in [0.5, 0.6) is 5.75 Å². The highest BCUT2D eigenvalue weighted by Crippen LogP contribution is 2.40. The van der Waals surface area contributed by atoms with E-state index in [9.17, 15) is 14.4 Å². The first-order valence-electron chi connectivity index (χ1n) is 11.9. The van der Waals surface area contributed by atoms with Crippen molar-refractivity contribution in [3.63, 3.8) is 0 Å². The van der Waals surface area contributed by atoms with Crippen LogP contribution in [0.1, 0.15) is 55.6 Å². The molecular weight excluding hydrogens is 476 g/mol. The maximum absolute atomic E-state index is 12.6. The minimum Gasteiger partial charge on any atom is -0.484 e. The molecule has 0 saturated carbocycles. The Hall–Kier alpha value is -3.65. The summed E-state index contributed by atoms with van der Waals surface area (Å²) in [5.41, 5.74) is 4.81. The van der Waals surface area contributed by atoms with Crippen molar-refractivity contribution in [3.05, 3.63) is 75.2 Å². The van der Waals surface area contributed by atoms with Crippen LogP contribution in [0, 0.1) is 19.8 Å². The number of amides is 2. The molecule has 0 fully saturated rings. The zero-order chi connectivity index (χ0) is 25.8. The lowest BCUT2D eigenvalue weighted by Gasteiger charge is -2.18. The van der Waals surface area contributed by atoms with Crippen molar-refractivity contribution in [1.82, 2.24) is 0 Å². The van der Waals surface area contributed by atoms with Gasteiger partial charge in [-0.3, -0.25) is 9.59 Å². The molecule has 36 heavy (non-hydrogen) atoms. The third kappa shape index (κ3) is 5.60. The third-order valence-corrected chi connectivity index (χ3v) is 7.66. The minimum absolute atomic E-state index is 0.223. The molecule has 1 aliphatic rings. The lowest BCUT2D eigenvalue weighted by atomic mass is 9.88. The second-order valence-corrected chi connectivity index (χ2v) is 10.2. The van der Waals surface area contributed by atoms with Gasteiger partial charge in [0.05, 0.1) is 12.7 Å². The van der Waals surface area contributed by atoms with Gasteiger partial charge in [-0.2, -0.15) is 0 Å². The fourth-order valence-electron chi connectivity index (χ4n) is 4.25. The van der Waals surface area contributed by atoms with Crippen LogP contribution in [0.3, 0.4) is 0 Å². The molecule has 2 N–H and O–H groups in total. The van der Waals surface area contributed by atoms with Crippen molar-refractivity contribution in [3.8, 4) is 5.75 Å². The summed E-state index contributed by atoms with van der Waals surface area (Å²) in [5, 5.41) is 6.26. The van der Waals surface area contributed by atoms with Crippen LogP contribution >= 0.6 is 11.3 Å². The molecule has 3 aromatic rings. The molecule has 8 heteroatoms. The molecule has 4 rings (SSSR count). The van der Waals surface area contributed by atoms with Gasteiger partial charge in [0.25, 0.3) is 11.8 Å². The molecule has 1 aromatic heterocycles. The first-order chi connectivity index (χ1) is 17.3. The number of fused-ring (bicyclic) bond motifs is 1. The van der Waals surface area contributed by atoms with E-state index in [-0.39, 0.29) is 18.4 Å². The molecule has 0 bridgehead atoms. The average molecular weight is 507 g/mol. The molecule has 1 heterocycles. The van der Waals surface area contributed by atoms with Gasteiger partial charge in [0.2, 0.25) is 0 Å². The molecule has 0 spiro atoms. The van der Waals surface area contributed by atoms with Gasteiger partial charge < -0.3 is 20.1 Å². The Morgan fingerprint density at radius 3 is 2.53 bits per heavy atom. The molecule has 0 saturated heterocycles. The van der Waals surface area contributed by atoms with Gasteiger partial charge in [-0.05, 0) is 86.1 Å². The van der Waals surface area contributed by atoms with E-state index < -0.39 is 5.97 Å². The van der Waals surface area contributed by atoms with Gasteiger partial charge in [-0.1, -0.05) is 19.1 Å². The lowest BCUT2D eigenvalue weighted by molar-refractivity contribution is -0.118. The Balaban J connectivity index is 1.37. The van der Waals surface area contributed by atoms with Crippen LogP contribution in [0.2, 0.25) is 0 Å². The van der Waals surface area contributed by atoms with E-state index in [0.29, 0.717) is 27.8 Å². The number of nitrogens with one attached hydrogen (secondary N) is 2. The maximum atomic E-state index is 12.6. The summed E-state index contributed by atoms with van der Waals surface area (Å²) < 4.78 is 10.6. The zero-order valence-corrected chi connectivity index (χ0v) is 21.7. The van der Waals surface area contributed by atoms with Crippen LogP contribution in [0.15, 0.2) is 42.5 Å². The summed E-state index contributed by atoms with van der Waals surface area (Å²) in [6.45, 7) is 5.92. The van der Waals surface area contributed by atoms with Crippen molar-refractivity contribution in [2.45, 2.75) is 40.0 Å². The first-order valence-corrected chi connectivity index (χ1v) is 12.7. The van der Waals surface area contributed by atoms with E-state index in [4.69, 9.17) is 9.47 Å². The summed E-state index contributed by atoms with van der Waals surface area (Å²) in [6.07, 6.45) is 2.69. The van der Waals surface area contributed by atoms with Crippen molar-refractivity contribution in [2.24, 2.45) is 5.92 Å². The van der Waals surface area contributed by atoms with Gasteiger partial charge in [-0.25, -0.2) is 4.79 Å². The molecule has 0 radical (unpaired) electrons. The first kappa shape index (κ1) is 25.4. The van der Waals surface area contributed by atoms with Gasteiger partial charge >= 0.3 is 5.97 Å². The van der Waals surface area contributed by atoms with Crippen molar-refractivity contribution < 1.29 is 23.9 Å². The predicted molar refractivity (Wildman–Crippen MR) is 141 cm³/mol. The average Bonchev–Trinajstić information content (AvgIpc) is 3.21. The van der Waals surface area contributed by atoms with Crippen molar-refractivity contribution in [1.29, 1.82) is 0 Å². The fourth-order valence-corrected chi connectivity index (χ4v) is 5.67. The van der Waals surface area contributed by atoms with Crippen LogP contribution in [-0.4, -0.2) is 31.5 Å². The Labute approximate surface area is 214 Å². The van der Waals surface area contributed by atoms with E-state index in [1.54, 1.807) is 24.3 Å². The fraction of sp³-hybridized carbons (Fsp3) is 0.321. The van der Waals surface area contributed by atoms with Crippen LogP contribution in [0.25, 0.3) is 0 Å². The number of rotatable bonds is 7. The summed E-state index contributed by atoms with van der Waals surface area (Å²) in [5.74, 6) is -0.0313. The monoisotopic (exact) mass is 506 g/mol. The molecule has 2 aromatic carbocycles. The topological polar surface area (TPSA) is 93.7 Å². The van der Waals surface area contributed by atoms with Gasteiger partial charge in [0.1, 0.15) is 10.8 Å². The number of carbonyl (C=O) groups is 3. The second kappa shape index (κ2) is 11.0. The second-order valence-electron chi connectivity index (χ2n) is 9.11. The number of anilines is 2. The Morgan fingerprint density at radius 2 is 1.81 bits per heavy atom. The largest absolute Gasteiger partial charge is 0.484 e. The molecule has 1 aliphatic carbocycles. The van der Waals surface area contributed by atoms with Crippen molar-refractivity contribution >= 4 is 39.8 Å². The standard InChI is InChI=1S/C28H30N2O5S/c1-16-8-13-21-23(14-16)36-27(25(21)28(33)34-4)30-24(31)15-35-20-11-9-19(10-12-20)26(32)29-22-7-5-6-17(2)18(22)3/h5-7,9-12,16H,8,13-15H2,1-4H3,(H,29,32)(H,30,31). The molecule has 1 unspecified atom stereocenters. The number of benzene rings is 2. The molecule has 7 nitrogen and oxygen atoms in total. The number of carbonyl (C=O) groups excluding carboxylic acids is 3. The van der Waals surface area contributed by atoms with E-state index in [1.807, 2.05) is 32.0 Å². The lowest BCUT2D eigenvalue weighted by Crippen LogP contribution is -2.21. The molecular formula is C28H30N2O5S.